The van der Waals surface area contributed by atoms with Crippen LogP contribution >= 0.6 is 12.4 Å². The van der Waals surface area contributed by atoms with Gasteiger partial charge < -0.3 is 15.1 Å². The molecule has 0 radical (unpaired) electrons. The highest BCUT2D eigenvalue weighted by atomic mass is 35.5. The summed E-state index contributed by atoms with van der Waals surface area (Å²) in [4.78, 5) is 17.8. The minimum Gasteiger partial charge on any atom is -0.339 e. The number of carbonyl (C=O) groups is 1. The number of piperidine rings is 1. The van der Waals surface area contributed by atoms with Crippen molar-refractivity contribution in [1.29, 1.82) is 0 Å². The fourth-order valence-corrected chi connectivity index (χ4v) is 5.80. The summed E-state index contributed by atoms with van der Waals surface area (Å²) in [6.07, 6.45) is 8.54. The summed E-state index contributed by atoms with van der Waals surface area (Å²) in [6.45, 7) is 9.95. The highest BCUT2D eigenvalue weighted by molar-refractivity contribution is 5.93. The van der Waals surface area contributed by atoms with Gasteiger partial charge in [0.05, 0.1) is 6.67 Å². The molecule has 0 unspecified atom stereocenters. The predicted molar refractivity (Wildman–Crippen MR) is 123 cm³/mol. The molecule has 5 heteroatoms. The van der Waals surface area contributed by atoms with Crippen LogP contribution in [0.4, 0.5) is 5.69 Å². The van der Waals surface area contributed by atoms with Gasteiger partial charge in [0, 0.05) is 24.8 Å². The lowest BCUT2D eigenvalue weighted by Crippen LogP contribution is -2.58. The molecule has 3 aliphatic rings. The van der Waals surface area contributed by atoms with Crippen LogP contribution in [0, 0.1) is 11.3 Å². The van der Waals surface area contributed by atoms with Crippen molar-refractivity contribution in [2.75, 3.05) is 24.7 Å². The van der Waals surface area contributed by atoms with Crippen LogP contribution in [-0.2, 0) is 4.79 Å². The summed E-state index contributed by atoms with van der Waals surface area (Å²) < 4.78 is 0. The number of likely N-dealkylation sites (tertiary alicyclic amines) is 1. The zero-order valence-electron chi connectivity index (χ0n) is 18.3. The largest absolute Gasteiger partial charge is 0.339 e. The van der Waals surface area contributed by atoms with Gasteiger partial charge in [0.2, 0.25) is 5.91 Å². The van der Waals surface area contributed by atoms with Crippen molar-refractivity contribution >= 4 is 24.0 Å². The van der Waals surface area contributed by atoms with Crippen LogP contribution in [0.25, 0.3) is 0 Å². The van der Waals surface area contributed by atoms with Gasteiger partial charge in [-0.3, -0.25) is 4.79 Å². The van der Waals surface area contributed by atoms with Gasteiger partial charge in [0.25, 0.3) is 0 Å². The van der Waals surface area contributed by atoms with E-state index in [0.717, 1.165) is 43.6 Å². The molecule has 1 aromatic rings. The van der Waals surface area contributed by atoms with Crippen LogP contribution in [0.2, 0.25) is 0 Å². The minimum absolute atomic E-state index is 0. The molecule has 3 fully saturated rings. The molecule has 2 heterocycles. The molecule has 1 amide bonds. The maximum absolute atomic E-state index is 12.8. The smallest absolute Gasteiger partial charge is 0.247 e. The molecule has 0 bridgehead atoms. The number of para-hydroxylation sites is 1. The molecular formula is C24H38ClN3O. The van der Waals surface area contributed by atoms with E-state index in [2.05, 4.69) is 60.2 Å². The van der Waals surface area contributed by atoms with Crippen molar-refractivity contribution in [3.8, 4) is 0 Å². The van der Waals surface area contributed by atoms with E-state index in [-0.39, 0.29) is 23.9 Å². The molecule has 4 nitrogen and oxygen atoms in total. The number of amides is 1. The van der Waals surface area contributed by atoms with Gasteiger partial charge in [-0.1, -0.05) is 45.4 Å². The molecular weight excluding hydrogens is 382 g/mol. The Morgan fingerprint density at radius 2 is 1.69 bits per heavy atom. The number of nitrogens with zero attached hydrogens (tertiary/aromatic N) is 2. The number of hydrogen-bond donors (Lipinski definition) is 1. The average molecular weight is 420 g/mol. The van der Waals surface area contributed by atoms with Crippen molar-refractivity contribution in [3.63, 3.8) is 0 Å². The second-order valence-corrected chi connectivity index (χ2v) is 9.84. The quantitative estimate of drug-likeness (QED) is 0.758. The Hall–Kier alpha value is -1.26. The van der Waals surface area contributed by atoms with Gasteiger partial charge in [-0.05, 0) is 62.0 Å². The van der Waals surface area contributed by atoms with E-state index in [1.54, 1.807) is 0 Å². The molecule has 0 aromatic heterocycles. The van der Waals surface area contributed by atoms with Crippen LogP contribution in [0.3, 0.4) is 0 Å². The summed E-state index contributed by atoms with van der Waals surface area (Å²) >= 11 is 0. The Morgan fingerprint density at radius 3 is 2.28 bits per heavy atom. The Bertz CT molecular complexity index is 677. The SMILES string of the molecule is CCC(C)(C)[C@H]1CC[C@@H](N2CCC3(CC2)C(=O)NCN3c2ccccc2)CC1.Cl. The normalized spacial score (nSPS) is 27.6. The number of hydrogen-bond acceptors (Lipinski definition) is 3. The van der Waals surface area contributed by atoms with E-state index in [0.29, 0.717) is 12.1 Å². The van der Waals surface area contributed by atoms with Crippen molar-refractivity contribution in [2.45, 2.75) is 77.3 Å². The first kappa shape index (κ1) is 22.4. The molecule has 2 saturated heterocycles. The van der Waals surface area contributed by atoms with Crippen LogP contribution in [0.1, 0.15) is 65.7 Å². The van der Waals surface area contributed by atoms with Gasteiger partial charge in [-0.25, -0.2) is 0 Å². The lowest BCUT2D eigenvalue weighted by atomic mass is 9.68. The molecule has 1 aromatic carbocycles. The minimum atomic E-state index is -0.348. The van der Waals surface area contributed by atoms with Gasteiger partial charge in [-0.15, -0.1) is 12.4 Å². The summed E-state index contributed by atoms with van der Waals surface area (Å²) in [6, 6.07) is 11.2. The Morgan fingerprint density at radius 1 is 1.07 bits per heavy atom. The lowest BCUT2D eigenvalue weighted by molar-refractivity contribution is -0.125. The van der Waals surface area contributed by atoms with E-state index in [1.165, 1.54) is 32.1 Å². The van der Waals surface area contributed by atoms with E-state index < -0.39 is 0 Å². The maximum Gasteiger partial charge on any atom is 0.247 e. The van der Waals surface area contributed by atoms with E-state index in [9.17, 15) is 4.79 Å². The first-order valence-electron chi connectivity index (χ1n) is 11.3. The molecule has 1 aliphatic carbocycles. The molecule has 2 aliphatic heterocycles. The van der Waals surface area contributed by atoms with E-state index in [1.807, 2.05) is 6.07 Å². The van der Waals surface area contributed by atoms with Crippen LogP contribution in [0.15, 0.2) is 30.3 Å². The van der Waals surface area contributed by atoms with Crippen molar-refractivity contribution in [3.05, 3.63) is 30.3 Å². The maximum atomic E-state index is 12.8. The number of carbonyl (C=O) groups excluding carboxylic acids is 1. The number of nitrogens with one attached hydrogen (secondary N) is 1. The van der Waals surface area contributed by atoms with Crippen LogP contribution < -0.4 is 10.2 Å². The second-order valence-electron chi connectivity index (χ2n) is 9.84. The summed E-state index contributed by atoms with van der Waals surface area (Å²) in [7, 11) is 0. The molecule has 1 saturated carbocycles. The Balaban J connectivity index is 0.00000240. The Kier molecular flexibility index (Phi) is 6.84. The third kappa shape index (κ3) is 4.16. The van der Waals surface area contributed by atoms with Gasteiger partial charge in [0.1, 0.15) is 5.54 Å². The molecule has 1 N–H and O–H groups in total. The Labute approximate surface area is 182 Å². The van der Waals surface area contributed by atoms with Crippen molar-refractivity contribution in [1.82, 2.24) is 10.2 Å². The molecule has 1 spiro atoms. The highest BCUT2D eigenvalue weighted by Crippen LogP contribution is 2.43. The number of anilines is 1. The van der Waals surface area contributed by atoms with Gasteiger partial charge in [0.15, 0.2) is 0 Å². The first-order chi connectivity index (χ1) is 13.5. The monoisotopic (exact) mass is 419 g/mol. The average Bonchev–Trinajstić information content (AvgIpc) is 3.05. The summed E-state index contributed by atoms with van der Waals surface area (Å²) in [5.41, 5.74) is 1.30. The van der Waals surface area contributed by atoms with Crippen molar-refractivity contribution < 1.29 is 4.79 Å². The van der Waals surface area contributed by atoms with E-state index in [4.69, 9.17) is 0 Å². The summed E-state index contributed by atoms with van der Waals surface area (Å²) in [5.74, 6) is 1.10. The fraction of sp³-hybridized carbons (Fsp3) is 0.708. The third-order valence-electron chi connectivity index (χ3n) is 8.26. The van der Waals surface area contributed by atoms with Crippen molar-refractivity contribution in [2.24, 2.45) is 11.3 Å². The topological polar surface area (TPSA) is 35.6 Å². The fourth-order valence-electron chi connectivity index (χ4n) is 5.80. The van der Waals surface area contributed by atoms with Gasteiger partial charge >= 0.3 is 0 Å². The van der Waals surface area contributed by atoms with Crippen LogP contribution in [0.5, 0.6) is 0 Å². The van der Waals surface area contributed by atoms with E-state index >= 15 is 0 Å². The third-order valence-corrected chi connectivity index (χ3v) is 8.26. The molecule has 162 valence electrons. The number of benzene rings is 1. The zero-order valence-corrected chi connectivity index (χ0v) is 19.1. The van der Waals surface area contributed by atoms with Crippen LogP contribution in [-0.4, -0.2) is 42.1 Å². The molecule has 29 heavy (non-hydrogen) atoms. The zero-order chi connectivity index (χ0) is 19.8. The van der Waals surface area contributed by atoms with Gasteiger partial charge in [-0.2, -0.15) is 0 Å². The second kappa shape index (κ2) is 8.85. The lowest BCUT2D eigenvalue weighted by Gasteiger charge is -2.48. The highest BCUT2D eigenvalue weighted by Gasteiger charge is 2.51. The number of halogens is 1. The summed E-state index contributed by atoms with van der Waals surface area (Å²) in [5, 5.41) is 3.12. The number of rotatable bonds is 4. The predicted octanol–water partition coefficient (Wildman–Crippen LogP) is 4.83. The first-order valence-corrected chi connectivity index (χ1v) is 11.3. The molecule has 4 rings (SSSR count). The molecule has 0 atom stereocenters. The standard InChI is InChI=1S/C24H37N3O.ClH/c1-4-23(2,3)19-10-12-20(13-11-19)26-16-14-24(15-17-26)22(28)25-18-27(24)21-8-6-5-7-9-21;/h5-9,19-20H,4,10-18H2,1-3H3,(H,25,28);1H/t19-,20+;.